The topological polar surface area (TPSA) is 87.4 Å². The number of carbonyl (C=O) groups is 1. The first-order chi connectivity index (χ1) is 7.72. The number of hydrogen-bond donors (Lipinski definition) is 4. The fourth-order valence-corrected chi connectivity index (χ4v) is 1.47. The van der Waals surface area contributed by atoms with Crippen LogP contribution in [-0.2, 0) is 4.79 Å². The van der Waals surface area contributed by atoms with Crippen molar-refractivity contribution < 1.29 is 49.8 Å². The molecule has 1 atom stereocenters. The number of nitrogens with two attached hydrogens (primary N) is 1. The van der Waals surface area contributed by atoms with E-state index < -0.39 is 12.0 Å². The smallest absolute Gasteiger partial charge is 0.320 e. The third kappa shape index (κ3) is 12.9. The normalized spacial score (nSPS) is 11.9. The van der Waals surface area contributed by atoms with E-state index in [1.807, 2.05) is 0 Å². The van der Waals surface area contributed by atoms with Gasteiger partial charge in [0.2, 0.25) is 0 Å². The first-order valence-corrected chi connectivity index (χ1v) is 6.09. The van der Waals surface area contributed by atoms with Gasteiger partial charge in [0.15, 0.2) is 0 Å². The largest absolute Gasteiger partial charge is 0.480 e. The van der Waals surface area contributed by atoms with Crippen LogP contribution in [-0.4, -0.2) is 43.3 Å². The molecule has 0 aromatic carbocycles. The predicted molar refractivity (Wildman–Crippen MR) is 65.5 cm³/mol. The molecule has 0 aromatic heterocycles. The van der Waals surface area contributed by atoms with Crippen molar-refractivity contribution in [3.63, 3.8) is 0 Å². The van der Waals surface area contributed by atoms with Gasteiger partial charge in [0, 0.05) is 66.1 Å². The zero-order valence-corrected chi connectivity index (χ0v) is 12.8. The second-order valence-corrected chi connectivity index (χ2v) is 3.88. The zero-order chi connectivity index (χ0) is 12.2. The maximum absolute atomic E-state index is 10.9. The Morgan fingerprint density at radius 1 is 1.29 bits per heavy atom. The Morgan fingerprint density at radius 3 is 2.53 bits per heavy atom. The van der Waals surface area contributed by atoms with Gasteiger partial charge >= 0.3 is 5.97 Å². The van der Waals surface area contributed by atoms with Crippen LogP contribution in [0, 0.1) is 39.9 Å². The van der Waals surface area contributed by atoms with Crippen LogP contribution < -0.4 is 16.4 Å². The van der Waals surface area contributed by atoms with E-state index >= 15 is 0 Å². The van der Waals surface area contributed by atoms with Gasteiger partial charge in [0.1, 0.15) is 6.04 Å². The Morgan fingerprint density at radius 2 is 2.00 bits per heavy atom. The summed E-state index contributed by atoms with van der Waals surface area (Å²) in [7, 11) is 0. The molecule has 0 saturated carbocycles. The van der Waals surface area contributed by atoms with Crippen molar-refractivity contribution in [2.45, 2.75) is 38.6 Å². The van der Waals surface area contributed by atoms with Gasteiger partial charge in [0.25, 0.3) is 0 Å². The minimum absolute atomic E-state index is 0. The summed E-state index contributed by atoms with van der Waals surface area (Å²) in [6, 6.07) is -0.411. The maximum atomic E-state index is 10.9. The molecule has 5 nitrogen and oxygen atoms in total. The molecule has 0 aromatic rings. The number of carboxylic acid groups (broad SMARTS) is 1. The van der Waals surface area contributed by atoms with Crippen LogP contribution in [0.15, 0.2) is 0 Å². The third-order valence-corrected chi connectivity index (χ3v) is 2.41. The molecular weight excluding hydrogens is 363 g/mol. The van der Waals surface area contributed by atoms with E-state index in [2.05, 4.69) is 17.6 Å². The summed E-state index contributed by atoms with van der Waals surface area (Å²) in [5, 5.41) is 15.1. The molecule has 0 fully saturated rings. The van der Waals surface area contributed by atoms with E-state index in [-0.39, 0.29) is 39.9 Å². The average molecular weight is 389 g/mol. The number of nitrogens with one attached hydrogen (secondary N) is 2. The van der Waals surface area contributed by atoms with Crippen molar-refractivity contribution in [2.24, 2.45) is 5.73 Å². The third-order valence-electron chi connectivity index (χ3n) is 2.41. The molecule has 0 radical (unpaired) electrons. The van der Waals surface area contributed by atoms with Crippen molar-refractivity contribution in [3.05, 3.63) is 0 Å². The monoisotopic (exact) mass is 389 g/mol. The minimum atomic E-state index is -0.755. The summed E-state index contributed by atoms with van der Waals surface area (Å²) in [6.45, 7) is 4.92. The van der Waals surface area contributed by atoms with Gasteiger partial charge in [0.05, 0.1) is 0 Å². The van der Waals surface area contributed by atoms with E-state index in [0.29, 0.717) is 19.5 Å². The van der Waals surface area contributed by atoms with Gasteiger partial charge in [-0.2, -0.15) is 0 Å². The summed E-state index contributed by atoms with van der Waals surface area (Å²) >= 11 is 0. The van der Waals surface area contributed by atoms with Gasteiger partial charge in [-0.25, -0.2) is 0 Å². The number of carboxylic acids is 1. The first-order valence-electron chi connectivity index (χ1n) is 6.09. The van der Waals surface area contributed by atoms with Crippen LogP contribution in [0.3, 0.4) is 0 Å². The minimum Gasteiger partial charge on any atom is -0.480 e. The molecule has 6 heteroatoms. The van der Waals surface area contributed by atoms with Crippen molar-refractivity contribution in [2.75, 3.05) is 26.2 Å². The number of hydrogen-bond acceptors (Lipinski definition) is 4. The molecule has 104 valence electrons. The number of unbranched alkanes of at least 4 members (excludes halogenated alkanes) is 2. The zero-order valence-electron chi connectivity index (χ0n) is 10.5. The number of rotatable bonds is 11. The maximum Gasteiger partial charge on any atom is 0.320 e. The molecule has 0 aliphatic carbocycles. The summed E-state index contributed by atoms with van der Waals surface area (Å²) in [4.78, 5) is 10.9. The van der Waals surface area contributed by atoms with Crippen LogP contribution in [0.25, 0.3) is 0 Å². The molecule has 0 amide bonds. The van der Waals surface area contributed by atoms with Gasteiger partial charge in [-0.05, 0) is 6.42 Å². The fourth-order valence-electron chi connectivity index (χ4n) is 1.47. The molecule has 0 aliphatic rings. The van der Waals surface area contributed by atoms with Crippen LogP contribution in [0.5, 0.6) is 0 Å². The average Bonchev–Trinajstić information content (AvgIpc) is 2.26. The van der Waals surface area contributed by atoms with E-state index in [4.69, 9.17) is 10.8 Å². The van der Waals surface area contributed by atoms with Gasteiger partial charge < -0.3 is 21.5 Å². The Kier molecular flexibility index (Phi) is 17.3. The molecular formula is C11H25GdN3O2. The quantitative estimate of drug-likeness (QED) is 0.379. The van der Waals surface area contributed by atoms with Crippen molar-refractivity contribution in [1.82, 2.24) is 10.6 Å². The van der Waals surface area contributed by atoms with Crippen LogP contribution in [0.1, 0.15) is 32.6 Å². The predicted octanol–water partition coefficient (Wildman–Crippen LogP) is 0.158. The standard InChI is InChI=1S/C11H25N3O2.Gd/c1-2-3-4-5-10(11(15)16)14-9-8-13-7-6-12;/h10,13-14H,2-9,12H2,1H3,(H,15,16);. The second-order valence-electron chi connectivity index (χ2n) is 3.88. The van der Waals surface area contributed by atoms with Gasteiger partial charge in [-0.3, -0.25) is 4.79 Å². The SMILES string of the molecule is CCCCCC(NCCNCCN)C(=O)O.[Gd]. The molecule has 0 bridgehead atoms. The second kappa shape index (κ2) is 14.7. The van der Waals surface area contributed by atoms with Gasteiger partial charge in [-0.1, -0.05) is 26.2 Å². The van der Waals surface area contributed by atoms with E-state index in [0.717, 1.165) is 32.4 Å². The molecule has 0 spiro atoms. The van der Waals surface area contributed by atoms with Crippen LogP contribution in [0.4, 0.5) is 0 Å². The molecule has 0 rings (SSSR count). The van der Waals surface area contributed by atoms with E-state index in [1.54, 1.807) is 0 Å². The Labute approximate surface area is 136 Å². The Bertz CT molecular complexity index is 182. The fraction of sp³-hybridized carbons (Fsp3) is 0.909. The van der Waals surface area contributed by atoms with Crippen molar-refractivity contribution in [3.8, 4) is 0 Å². The van der Waals surface area contributed by atoms with Crippen molar-refractivity contribution in [1.29, 1.82) is 0 Å². The Hall–Kier alpha value is 0.675. The van der Waals surface area contributed by atoms with Crippen LogP contribution in [0.2, 0.25) is 0 Å². The van der Waals surface area contributed by atoms with E-state index in [1.165, 1.54) is 0 Å². The molecule has 17 heavy (non-hydrogen) atoms. The van der Waals surface area contributed by atoms with E-state index in [9.17, 15) is 4.79 Å². The van der Waals surface area contributed by atoms with Crippen molar-refractivity contribution >= 4 is 5.97 Å². The summed E-state index contributed by atoms with van der Waals surface area (Å²) in [5.74, 6) is -0.755. The first kappa shape index (κ1) is 20.0. The van der Waals surface area contributed by atoms with Crippen LogP contribution >= 0.6 is 0 Å². The Balaban J connectivity index is 0. The molecule has 0 aliphatic heterocycles. The molecule has 0 saturated heterocycles. The summed E-state index contributed by atoms with van der Waals surface area (Å²) < 4.78 is 0. The summed E-state index contributed by atoms with van der Waals surface area (Å²) in [5.41, 5.74) is 5.32. The molecule has 1 unspecified atom stereocenters. The molecule has 5 N–H and O–H groups in total. The number of aliphatic carboxylic acids is 1. The van der Waals surface area contributed by atoms with Gasteiger partial charge in [-0.15, -0.1) is 0 Å². The molecule has 0 heterocycles. The summed E-state index contributed by atoms with van der Waals surface area (Å²) in [6.07, 6.45) is 3.89.